The molecule has 0 aliphatic carbocycles. The van der Waals surface area contributed by atoms with E-state index in [1.54, 1.807) is 0 Å². The molecule has 0 amide bonds. The Labute approximate surface area is 166 Å². The molecular weight excluding hydrogens is 392 g/mol. The van der Waals surface area contributed by atoms with E-state index in [0.29, 0.717) is 32.4 Å². The van der Waals surface area contributed by atoms with Gasteiger partial charge in [-0.1, -0.05) is 0 Å². The maximum Gasteiger partial charge on any atom is 0.322 e. The number of nitrogens with two attached hydrogens (primary N) is 3. The Morgan fingerprint density at radius 1 is 1.10 bits per heavy atom. The van der Waals surface area contributed by atoms with Crippen LogP contribution in [0.4, 0.5) is 0 Å². The van der Waals surface area contributed by atoms with Gasteiger partial charge in [-0.3, -0.25) is 24.2 Å². The average molecular weight is 420 g/mol. The third kappa shape index (κ3) is 11.5. The molecule has 0 aromatic rings. The SMILES string of the molecule is NC(N)=NCCC[C@H](NN1CCC[C@H]1C(=O)O)C(=O)O.N[C@@H](CC(=O)O)C(=O)O. The number of carboxylic acids is 4. The fourth-order valence-electron chi connectivity index (χ4n) is 2.40. The van der Waals surface area contributed by atoms with E-state index in [0.717, 1.165) is 6.42 Å². The van der Waals surface area contributed by atoms with Crippen LogP contribution in [0.15, 0.2) is 4.99 Å². The summed E-state index contributed by atoms with van der Waals surface area (Å²) in [6, 6.07) is -2.80. The third-order valence-corrected chi connectivity index (χ3v) is 3.81. The number of rotatable bonds is 11. The van der Waals surface area contributed by atoms with Gasteiger partial charge < -0.3 is 37.6 Å². The topological polar surface area (TPSA) is 255 Å². The second-order valence-electron chi connectivity index (χ2n) is 6.20. The Hall–Kier alpha value is -2.97. The lowest BCUT2D eigenvalue weighted by molar-refractivity contribution is -0.147. The Morgan fingerprint density at radius 2 is 1.72 bits per heavy atom. The summed E-state index contributed by atoms with van der Waals surface area (Å²) in [7, 11) is 0. The van der Waals surface area contributed by atoms with Crippen LogP contribution in [-0.2, 0) is 19.2 Å². The summed E-state index contributed by atoms with van der Waals surface area (Å²) in [4.78, 5) is 45.6. The van der Waals surface area contributed by atoms with Crippen molar-refractivity contribution in [1.82, 2.24) is 10.4 Å². The van der Waals surface area contributed by atoms with Gasteiger partial charge in [0.1, 0.15) is 18.1 Å². The highest BCUT2D eigenvalue weighted by Crippen LogP contribution is 2.16. The van der Waals surface area contributed by atoms with E-state index in [2.05, 4.69) is 10.4 Å². The molecule has 0 aromatic carbocycles. The highest BCUT2D eigenvalue weighted by molar-refractivity contribution is 5.80. The molecule has 14 heteroatoms. The fourth-order valence-corrected chi connectivity index (χ4v) is 2.40. The van der Waals surface area contributed by atoms with Gasteiger partial charge in [0.05, 0.1) is 6.42 Å². The van der Waals surface area contributed by atoms with Gasteiger partial charge >= 0.3 is 23.9 Å². The zero-order valence-electron chi connectivity index (χ0n) is 15.7. The lowest BCUT2D eigenvalue weighted by Gasteiger charge is -2.26. The zero-order chi connectivity index (χ0) is 22.6. The molecule has 1 aliphatic heterocycles. The average Bonchev–Trinajstić information content (AvgIpc) is 3.05. The van der Waals surface area contributed by atoms with E-state index in [4.69, 9.17) is 37.6 Å². The van der Waals surface area contributed by atoms with Crippen molar-refractivity contribution >= 4 is 29.8 Å². The van der Waals surface area contributed by atoms with Crippen molar-refractivity contribution in [3.05, 3.63) is 0 Å². The van der Waals surface area contributed by atoms with E-state index >= 15 is 0 Å². The van der Waals surface area contributed by atoms with Crippen molar-refractivity contribution in [3.63, 3.8) is 0 Å². The van der Waals surface area contributed by atoms with E-state index in [1.807, 2.05) is 0 Å². The molecule has 0 bridgehead atoms. The first-order valence-electron chi connectivity index (χ1n) is 8.69. The van der Waals surface area contributed by atoms with Crippen molar-refractivity contribution in [2.75, 3.05) is 13.1 Å². The predicted molar refractivity (Wildman–Crippen MR) is 99.7 cm³/mol. The number of aliphatic carboxylic acids is 4. The molecule has 1 fully saturated rings. The van der Waals surface area contributed by atoms with E-state index in [1.165, 1.54) is 5.01 Å². The molecule has 14 nitrogen and oxygen atoms in total. The molecule has 1 heterocycles. The summed E-state index contributed by atoms with van der Waals surface area (Å²) in [6.07, 6.45) is 1.52. The summed E-state index contributed by atoms with van der Waals surface area (Å²) in [5, 5.41) is 35.7. The monoisotopic (exact) mass is 420 g/mol. The first-order valence-corrected chi connectivity index (χ1v) is 8.69. The van der Waals surface area contributed by atoms with Crippen molar-refractivity contribution < 1.29 is 39.6 Å². The van der Waals surface area contributed by atoms with Crippen LogP contribution in [0.3, 0.4) is 0 Å². The number of aliphatic imine (C=N–C) groups is 1. The second-order valence-corrected chi connectivity index (χ2v) is 6.20. The van der Waals surface area contributed by atoms with Crippen LogP contribution in [0, 0.1) is 0 Å². The first kappa shape index (κ1) is 26.0. The number of carboxylic acid groups (broad SMARTS) is 4. The smallest absolute Gasteiger partial charge is 0.322 e. The van der Waals surface area contributed by atoms with Gasteiger partial charge in [-0.2, -0.15) is 0 Å². The molecule has 3 atom stereocenters. The van der Waals surface area contributed by atoms with Crippen LogP contribution in [-0.4, -0.2) is 86.5 Å². The highest BCUT2D eigenvalue weighted by Gasteiger charge is 2.33. The lowest BCUT2D eigenvalue weighted by Crippen LogP contribution is -2.52. The maximum atomic E-state index is 11.2. The van der Waals surface area contributed by atoms with Crippen molar-refractivity contribution in [3.8, 4) is 0 Å². The largest absolute Gasteiger partial charge is 0.481 e. The van der Waals surface area contributed by atoms with E-state index in [9.17, 15) is 19.2 Å². The normalized spacial score (nSPS) is 18.0. The van der Waals surface area contributed by atoms with Crippen LogP contribution in [0.25, 0.3) is 0 Å². The molecular formula is C15H28N6O8. The van der Waals surface area contributed by atoms with Crippen LogP contribution < -0.4 is 22.6 Å². The van der Waals surface area contributed by atoms with Gasteiger partial charge in [-0.05, 0) is 25.7 Å². The Balaban J connectivity index is 0.000000734. The van der Waals surface area contributed by atoms with Gasteiger partial charge in [0.15, 0.2) is 5.96 Å². The number of hydrogen-bond acceptors (Lipinski definition) is 8. The molecule has 1 aliphatic rings. The molecule has 0 radical (unpaired) electrons. The van der Waals surface area contributed by atoms with Crippen LogP contribution >= 0.6 is 0 Å². The Kier molecular flexibility index (Phi) is 11.9. The van der Waals surface area contributed by atoms with Crippen LogP contribution in [0.1, 0.15) is 32.1 Å². The molecule has 0 aromatic heterocycles. The highest BCUT2D eigenvalue weighted by atomic mass is 16.4. The molecule has 0 saturated carbocycles. The van der Waals surface area contributed by atoms with Crippen LogP contribution in [0.5, 0.6) is 0 Å². The maximum absolute atomic E-state index is 11.2. The van der Waals surface area contributed by atoms with Gasteiger partial charge in [0, 0.05) is 13.1 Å². The minimum absolute atomic E-state index is 0.0321. The summed E-state index contributed by atoms with van der Waals surface area (Å²) in [6.45, 7) is 0.866. The first-order chi connectivity index (χ1) is 13.5. The standard InChI is InChI=1S/C11H21N5O4.C4H7NO4/c12-11(13)14-5-1-3-7(9(17)18)15-16-6-2-4-8(16)10(19)20;5-2(4(8)9)1-3(6)7/h7-8,15H,1-6H2,(H,17,18)(H,19,20)(H4,12,13,14);2H,1,5H2,(H,6,7)(H,8,9)/t7-,8-;2-/m00/s1. The van der Waals surface area contributed by atoms with E-state index in [-0.39, 0.29) is 5.96 Å². The number of carbonyl (C=O) groups is 4. The minimum atomic E-state index is -1.29. The summed E-state index contributed by atoms with van der Waals surface area (Å²) in [5.41, 5.74) is 18.0. The van der Waals surface area contributed by atoms with Crippen molar-refractivity contribution in [2.24, 2.45) is 22.2 Å². The van der Waals surface area contributed by atoms with Gasteiger partial charge in [-0.25, -0.2) is 10.4 Å². The van der Waals surface area contributed by atoms with Gasteiger partial charge in [-0.15, -0.1) is 0 Å². The Bertz CT molecular complexity index is 610. The molecule has 166 valence electrons. The molecule has 11 N–H and O–H groups in total. The molecule has 0 spiro atoms. The summed E-state index contributed by atoms with van der Waals surface area (Å²) in [5.74, 6) is -4.50. The number of hydrogen-bond donors (Lipinski definition) is 8. The molecule has 1 rings (SSSR count). The number of hydrazine groups is 1. The van der Waals surface area contributed by atoms with Crippen molar-refractivity contribution in [2.45, 2.75) is 50.2 Å². The van der Waals surface area contributed by atoms with Gasteiger partial charge in [0.25, 0.3) is 0 Å². The lowest BCUT2D eigenvalue weighted by atomic mass is 10.1. The third-order valence-electron chi connectivity index (χ3n) is 3.81. The molecule has 1 saturated heterocycles. The number of nitrogens with one attached hydrogen (secondary N) is 1. The predicted octanol–water partition coefficient (Wildman–Crippen LogP) is -2.58. The molecule has 29 heavy (non-hydrogen) atoms. The summed E-state index contributed by atoms with van der Waals surface area (Å²) >= 11 is 0. The number of nitrogens with zero attached hydrogens (tertiary/aromatic N) is 2. The zero-order valence-corrected chi connectivity index (χ0v) is 15.7. The second kappa shape index (κ2) is 13.2. The van der Waals surface area contributed by atoms with Gasteiger partial charge in [0.2, 0.25) is 0 Å². The fraction of sp³-hybridized carbons (Fsp3) is 0.667. The van der Waals surface area contributed by atoms with E-state index < -0.39 is 48.4 Å². The number of guanidine groups is 1. The summed E-state index contributed by atoms with van der Waals surface area (Å²) < 4.78 is 0. The van der Waals surface area contributed by atoms with Crippen molar-refractivity contribution in [1.29, 1.82) is 0 Å². The van der Waals surface area contributed by atoms with Crippen LogP contribution in [0.2, 0.25) is 0 Å². The quantitative estimate of drug-likeness (QED) is 0.0971. The Morgan fingerprint density at radius 3 is 2.14 bits per heavy atom. The minimum Gasteiger partial charge on any atom is -0.481 e. The molecule has 0 unspecified atom stereocenters.